The predicted molar refractivity (Wildman–Crippen MR) is 168 cm³/mol. The van der Waals surface area contributed by atoms with E-state index in [1.165, 1.54) is 46.4 Å². The van der Waals surface area contributed by atoms with Gasteiger partial charge in [-0.2, -0.15) is 4.99 Å². The van der Waals surface area contributed by atoms with Gasteiger partial charge in [0.15, 0.2) is 11.0 Å². The van der Waals surface area contributed by atoms with Crippen LogP contribution in [-0.4, -0.2) is 44.6 Å². The Hall–Kier alpha value is -4.58. The highest BCUT2D eigenvalue weighted by Crippen LogP contribution is 2.31. The number of alkyl halides is 3. The molecule has 1 N–H and O–H groups in total. The first-order chi connectivity index (χ1) is 21.1. The van der Waals surface area contributed by atoms with Crippen molar-refractivity contribution in [3.05, 3.63) is 95.4 Å². The highest BCUT2D eigenvalue weighted by Gasteiger charge is 2.31. The number of nitrogens with one attached hydrogen (secondary N) is 1. The maximum absolute atomic E-state index is 12.8. The Labute approximate surface area is 257 Å². The molecule has 12 heteroatoms. The SMILES string of the molecule is CCCc1ccc(C)cc1N1CCS/C1=N\C(=O)N/C(C)=C/c1ccc(-c2ncn(-c3ccc(OC(F)(F)F)cc3)n2)cc1. The molecule has 0 saturated carbocycles. The third-order valence-corrected chi connectivity index (χ3v) is 7.66. The van der Waals surface area contributed by atoms with Gasteiger partial charge < -0.3 is 15.0 Å². The van der Waals surface area contributed by atoms with Gasteiger partial charge in [-0.05, 0) is 73.4 Å². The van der Waals surface area contributed by atoms with Crippen molar-refractivity contribution < 1.29 is 22.7 Å². The topological polar surface area (TPSA) is 84.6 Å². The van der Waals surface area contributed by atoms with E-state index in [9.17, 15) is 18.0 Å². The Morgan fingerprint density at radius 1 is 1.11 bits per heavy atom. The number of carbonyl (C=O) groups is 1. The molecule has 44 heavy (non-hydrogen) atoms. The molecule has 0 spiro atoms. The number of aryl methyl sites for hydroxylation is 2. The zero-order chi connectivity index (χ0) is 31.3. The second-order valence-electron chi connectivity index (χ2n) is 10.2. The standard InChI is InChI=1S/C32H31F3N6O2S/c1-4-5-24-9-6-21(2)18-28(24)40-16-17-44-31(40)38-30(42)37-22(3)19-23-7-10-25(11-8-23)29-36-20-41(39-29)26-12-14-27(15-13-26)43-32(33,34)35/h6-15,18-20H,4-5,16-17H2,1-3H3,(H,37,42)/b22-19+,38-31-. The smallest absolute Gasteiger partial charge is 0.406 e. The fourth-order valence-corrected chi connectivity index (χ4v) is 5.69. The van der Waals surface area contributed by atoms with Crippen LogP contribution < -0.4 is 15.0 Å². The second kappa shape index (κ2) is 13.4. The van der Waals surface area contributed by atoms with Crippen molar-refractivity contribution in [1.82, 2.24) is 20.1 Å². The van der Waals surface area contributed by atoms with E-state index in [1.54, 1.807) is 18.7 Å². The zero-order valence-electron chi connectivity index (χ0n) is 24.4. The molecule has 1 aliphatic rings. The van der Waals surface area contributed by atoms with Gasteiger partial charge in [0, 0.05) is 29.2 Å². The summed E-state index contributed by atoms with van der Waals surface area (Å²) < 4.78 is 42.6. The number of anilines is 1. The van der Waals surface area contributed by atoms with Crippen molar-refractivity contribution >= 4 is 34.7 Å². The lowest BCUT2D eigenvalue weighted by atomic mass is 10.0. The number of aromatic nitrogens is 3. The number of amidine groups is 1. The molecule has 1 saturated heterocycles. The molecule has 1 aliphatic heterocycles. The van der Waals surface area contributed by atoms with Gasteiger partial charge in [-0.3, -0.25) is 0 Å². The number of thioether (sulfide) groups is 1. The van der Waals surface area contributed by atoms with E-state index in [1.807, 2.05) is 30.3 Å². The average molecular weight is 621 g/mol. The monoisotopic (exact) mass is 620 g/mol. The minimum Gasteiger partial charge on any atom is -0.406 e. The molecule has 1 aromatic heterocycles. The van der Waals surface area contributed by atoms with Gasteiger partial charge >= 0.3 is 12.4 Å². The van der Waals surface area contributed by atoms with E-state index in [0.717, 1.165) is 42.0 Å². The Morgan fingerprint density at radius 3 is 2.57 bits per heavy atom. The summed E-state index contributed by atoms with van der Waals surface area (Å²) in [6.45, 7) is 6.83. The van der Waals surface area contributed by atoms with Gasteiger partial charge in [0.05, 0.1) is 5.69 Å². The molecular formula is C32H31F3N6O2S. The highest BCUT2D eigenvalue weighted by atomic mass is 32.2. The molecule has 228 valence electrons. The average Bonchev–Trinajstić information content (AvgIpc) is 3.64. The van der Waals surface area contributed by atoms with Crippen molar-refractivity contribution in [1.29, 1.82) is 0 Å². The number of benzene rings is 3. The number of amides is 2. The molecule has 2 heterocycles. The number of hydrogen-bond donors (Lipinski definition) is 1. The summed E-state index contributed by atoms with van der Waals surface area (Å²) in [7, 11) is 0. The van der Waals surface area contributed by atoms with E-state index in [4.69, 9.17) is 0 Å². The van der Waals surface area contributed by atoms with Crippen LogP contribution in [0.1, 0.15) is 37.0 Å². The van der Waals surface area contributed by atoms with E-state index >= 15 is 0 Å². The molecule has 0 atom stereocenters. The van der Waals surface area contributed by atoms with Crippen molar-refractivity contribution in [3.8, 4) is 22.8 Å². The first-order valence-electron chi connectivity index (χ1n) is 14.0. The van der Waals surface area contributed by atoms with Gasteiger partial charge in [0.1, 0.15) is 12.1 Å². The highest BCUT2D eigenvalue weighted by molar-refractivity contribution is 8.14. The number of ether oxygens (including phenoxy) is 1. The van der Waals surface area contributed by atoms with Crippen LogP contribution in [0.2, 0.25) is 0 Å². The molecule has 8 nitrogen and oxygen atoms in total. The van der Waals surface area contributed by atoms with E-state index in [0.29, 0.717) is 22.4 Å². The predicted octanol–water partition coefficient (Wildman–Crippen LogP) is 7.77. The van der Waals surface area contributed by atoms with Gasteiger partial charge in [-0.25, -0.2) is 14.5 Å². The van der Waals surface area contributed by atoms with Crippen LogP contribution in [-0.2, 0) is 6.42 Å². The zero-order valence-corrected chi connectivity index (χ0v) is 25.2. The summed E-state index contributed by atoms with van der Waals surface area (Å²) >= 11 is 1.58. The van der Waals surface area contributed by atoms with Gasteiger partial charge in [0.2, 0.25) is 0 Å². The molecule has 4 aromatic rings. The first kappa shape index (κ1) is 30.9. The Balaban J connectivity index is 1.22. The minimum atomic E-state index is -4.75. The molecule has 0 unspecified atom stereocenters. The van der Waals surface area contributed by atoms with Crippen molar-refractivity contribution in [2.75, 3.05) is 17.2 Å². The molecule has 1 fully saturated rings. The molecule has 3 aromatic carbocycles. The third kappa shape index (κ3) is 7.87. The normalized spacial score (nSPS) is 14.7. The fourth-order valence-electron chi connectivity index (χ4n) is 4.74. The maximum atomic E-state index is 12.8. The van der Waals surface area contributed by atoms with Crippen LogP contribution in [0, 0.1) is 6.92 Å². The van der Waals surface area contributed by atoms with Crippen LogP contribution in [0.25, 0.3) is 23.2 Å². The number of carbonyl (C=O) groups excluding carboxylic acids is 1. The Morgan fingerprint density at radius 2 is 1.86 bits per heavy atom. The maximum Gasteiger partial charge on any atom is 0.573 e. The van der Waals surface area contributed by atoms with Crippen molar-refractivity contribution in [2.24, 2.45) is 4.99 Å². The number of nitrogens with zero attached hydrogens (tertiary/aromatic N) is 5. The van der Waals surface area contributed by atoms with Crippen LogP contribution >= 0.6 is 11.8 Å². The van der Waals surface area contributed by atoms with Crippen LogP contribution in [0.4, 0.5) is 23.7 Å². The summed E-state index contributed by atoms with van der Waals surface area (Å²) in [4.78, 5) is 23.7. The van der Waals surface area contributed by atoms with E-state index in [2.05, 4.69) is 62.1 Å². The van der Waals surface area contributed by atoms with Gasteiger partial charge in [-0.1, -0.05) is 61.5 Å². The minimum absolute atomic E-state index is 0.313. The van der Waals surface area contributed by atoms with Gasteiger partial charge in [0.25, 0.3) is 0 Å². The second-order valence-corrected chi connectivity index (χ2v) is 11.3. The largest absolute Gasteiger partial charge is 0.573 e. The number of halogens is 3. The van der Waals surface area contributed by atoms with Crippen LogP contribution in [0.3, 0.4) is 0 Å². The Bertz CT molecular complexity index is 1680. The number of hydrogen-bond acceptors (Lipinski definition) is 5. The molecule has 2 amide bonds. The summed E-state index contributed by atoms with van der Waals surface area (Å²) in [5.74, 6) is 1.00. The number of allylic oxidation sites excluding steroid dienone is 1. The van der Waals surface area contributed by atoms with Crippen LogP contribution in [0.5, 0.6) is 5.75 Å². The summed E-state index contributed by atoms with van der Waals surface area (Å²) in [5, 5.41) is 7.98. The summed E-state index contributed by atoms with van der Waals surface area (Å²) in [6, 6.07) is 18.8. The lowest BCUT2D eigenvalue weighted by Gasteiger charge is -2.22. The fraction of sp³-hybridized carbons (Fsp3) is 0.250. The molecular weight excluding hydrogens is 589 g/mol. The molecule has 5 rings (SSSR count). The number of rotatable bonds is 8. The summed E-state index contributed by atoms with van der Waals surface area (Å²) in [5.41, 5.74) is 6.33. The van der Waals surface area contributed by atoms with Gasteiger partial charge in [-0.15, -0.1) is 18.3 Å². The van der Waals surface area contributed by atoms with Crippen LogP contribution in [0.15, 0.2) is 83.7 Å². The third-order valence-electron chi connectivity index (χ3n) is 6.71. The number of aliphatic imine (C=N–C) groups is 1. The number of urea groups is 1. The molecule has 0 radical (unpaired) electrons. The lowest BCUT2D eigenvalue weighted by Crippen LogP contribution is -2.28. The molecule has 0 aliphatic carbocycles. The van der Waals surface area contributed by atoms with Crippen molar-refractivity contribution in [2.45, 2.75) is 40.0 Å². The first-order valence-corrected chi connectivity index (χ1v) is 15.0. The molecule has 0 bridgehead atoms. The van der Waals surface area contributed by atoms with E-state index < -0.39 is 12.4 Å². The van der Waals surface area contributed by atoms with Crippen molar-refractivity contribution in [3.63, 3.8) is 0 Å². The lowest BCUT2D eigenvalue weighted by molar-refractivity contribution is -0.274. The quantitative estimate of drug-likeness (QED) is 0.217. The Kier molecular flexibility index (Phi) is 9.38. The summed E-state index contributed by atoms with van der Waals surface area (Å²) in [6.07, 6.45) is 0.581. The van der Waals surface area contributed by atoms with E-state index in [-0.39, 0.29) is 5.75 Å².